The fourth-order valence-electron chi connectivity index (χ4n) is 2.38. The number of carbonyl (C=O) groups excluding carboxylic acids is 1. The molecule has 124 valence electrons. The van der Waals surface area contributed by atoms with Crippen molar-refractivity contribution >= 4 is 44.7 Å². The largest absolute Gasteiger partial charge is 0.324 e. The van der Waals surface area contributed by atoms with Gasteiger partial charge in [0.25, 0.3) is 5.91 Å². The van der Waals surface area contributed by atoms with Gasteiger partial charge in [0.1, 0.15) is 17.4 Å². The van der Waals surface area contributed by atoms with Crippen LogP contribution in [-0.2, 0) is 11.3 Å². The van der Waals surface area contributed by atoms with E-state index in [4.69, 9.17) is 11.6 Å². The van der Waals surface area contributed by atoms with E-state index < -0.39 is 5.82 Å². The second kappa shape index (κ2) is 7.25. The average molecular weight is 365 g/mol. The van der Waals surface area contributed by atoms with Gasteiger partial charge in [-0.3, -0.25) is 4.79 Å². The van der Waals surface area contributed by atoms with Gasteiger partial charge in [0.15, 0.2) is 6.54 Å². The van der Waals surface area contributed by atoms with E-state index in [2.05, 4.69) is 10.3 Å². The highest BCUT2D eigenvalue weighted by Crippen LogP contribution is 2.21. The maximum Gasteiger partial charge on any atom is 0.279 e. The van der Waals surface area contributed by atoms with Crippen LogP contribution in [0.3, 0.4) is 0 Å². The maximum absolute atomic E-state index is 13.7. The topological polar surface area (TPSA) is 46.4 Å². The summed E-state index contributed by atoms with van der Waals surface area (Å²) in [6, 6.07) is 12.1. The van der Waals surface area contributed by atoms with Crippen LogP contribution in [0, 0.1) is 5.82 Å². The standard InChI is InChI=1S/C17H15ClFN3OS/c1-22(10-17-21-14-4-2-3-5-15(14)24-17)9-16(23)20-13-7-6-11(18)8-12(13)19/h2-8H,9-10H2,1H3,(H,20,23)/p+1. The molecule has 0 radical (unpaired) electrons. The summed E-state index contributed by atoms with van der Waals surface area (Å²) >= 11 is 7.32. The predicted octanol–water partition coefficient (Wildman–Crippen LogP) is 2.74. The minimum absolute atomic E-state index is 0.136. The van der Waals surface area contributed by atoms with E-state index in [1.165, 1.54) is 18.2 Å². The zero-order valence-corrected chi connectivity index (χ0v) is 14.5. The van der Waals surface area contributed by atoms with E-state index in [1.54, 1.807) is 11.3 Å². The van der Waals surface area contributed by atoms with Crippen LogP contribution in [0.1, 0.15) is 5.01 Å². The van der Waals surface area contributed by atoms with Gasteiger partial charge in [0.2, 0.25) is 0 Å². The number of hydrogen-bond donors (Lipinski definition) is 2. The number of fused-ring (bicyclic) bond motifs is 1. The Morgan fingerprint density at radius 3 is 2.88 bits per heavy atom. The van der Waals surface area contributed by atoms with Crippen molar-refractivity contribution in [2.45, 2.75) is 6.54 Å². The van der Waals surface area contributed by atoms with E-state index >= 15 is 0 Å². The number of rotatable bonds is 5. The summed E-state index contributed by atoms with van der Waals surface area (Å²) in [5.41, 5.74) is 1.11. The Morgan fingerprint density at radius 2 is 2.12 bits per heavy atom. The van der Waals surface area contributed by atoms with Crippen LogP contribution < -0.4 is 10.2 Å². The fourth-order valence-corrected chi connectivity index (χ4v) is 3.62. The van der Waals surface area contributed by atoms with E-state index in [1.807, 2.05) is 31.3 Å². The Kier molecular flexibility index (Phi) is 5.08. The first-order valence-corrected chi connectivity index (χ1v) is 8.61. The van der Waals surface area contributed by atoms with Crippen molar-refractivity contribution in [2.24, 2.45) is 0 Å². The summed E-state index contributed by atoms with van der Waals surface area (Å²) in [6.45, 7) is 0.855. The molecule has 0 aliphatic rings. The Hall–Kier alpha value is -2.02. The number of halogens is 2. The summed E-state index contributed by atoms with van der Waals surface area (Å²) < 4.78 is 14.8. The predicted molar refractivity (Wildman–Crippen MR) is 95.1 cm³/mol. The number of benzene rings is 2. The van der Waals surface area contributed by atoms with Crippen molar-refractivity contribution in [3.8, 4) is 0 Å². The molecule has 24 heavy (non-hydrogen) atoms. The highest BCUT2D eigenvalue weighted by Gasteiger charge is 2.15. The van der Waals surface area contributed by atoms with Crippen LogP contribution in [0.2, 0.25) is 5.02 Å². The molecule has 2 N–H and O–H groups in total. The minimum Gasteiger partial charge on any atom is -0.324 e. The van der Waals surface area contributed by atoms with Gasteiger partial charge in [-0.1, -0.05) is 23.7 Å². The molecule has 0 spiro atoms. The number of hydrogen-bond acceptors (Lipinski definition) is 3. The third-order valence-electron chi connectivity index (χ3n) is 3.46. The number of carbonyl (C=O) groups is 1. The van der Waals surface area contributed by atoms with Crippen LogP contribution >= 0.6 is 22.9 Å². The molecule has 2 aromatic carbocycles. The molecule has 4 nitrogen and oxygen atoms in total. The molecule has 1 aromatic heterocycles. The number of aromatic nitrogens is 1. The molecule has 0 saturated heterocycles. The number of anilines is 1. The number of likely N-dealkylation sites (N-methyl/N-ethyl adjacent to an activating group) is 1. The van der Waals surface area contributed by atoms with Crippen LogP contribution in [0.25, 0.3) is 10.2 Å². The molecule has 3 aromatic rings. The lowest BCUT2D eigenvalue weighted by atomic mass is 10.3. The van der Waals surface area contributed by atoms with Gasteiger partial charge in [-0.15, -0.1) is 11.3 Å². The monoisotopic (exact) mass is 364 g/mol. The molecule has 0 fully saturated rings. The Labute approximate surface area is 147 Å². The van der Waals surface area contributed by atoms with Gasteiger partial charge in [0, 0.05) is 5.02 Å². The lowest BCUT2D eigenvalue weighted by molar-refractivity contribution is -0.885. The molecule has 0 saturated carbocycles. The molecule has 0 aliphatic heterocycles. The Morgan fingerprint density at radius 1 is 1.33 bits per heavy atom. The van der Waals surface area contributed by atoms with Gasteiger partial charge in [-0.2, -0.15) is 0 Å². The lowest BCUT2D eigenvalue weighted by Gasteiger charge is -2.12. The maximum atomic E-state index is 13.7. The molecule has 1 heterocycles. The van der Waals surface area contributed by atoms with Crippen LogP contribution in [0.4, 0.5) is 10.1 Å². The zero-order chi connectivity index (χ0) is 17.1. The minimum atomic E-state index is -0.542. The highest BCUT2D eigenvalue weighted by atomic mass is 35.5. The van der Waals surface area contributed by atoms with Gasteiger partial charge in [-0.25, -0.2) is 9.37 Å². The summed E-state index contributed by atoms with van der Waals surface area (Å²) in [4.78, 5) is 17.6. The van der Waals surface area contributed by atoms with Crippen molar-refractivity contribution in [2.75, 3.05) is 18.9 Å². The zero-order valence-electron chi connectivity index (χ0n) is 13.0. The van der Waals surface area contributed by atoms with Gasteiger partial charge in [-0.05, 0) is 30.3 Å². The van der Waals surface area contributed by atoms with Crippen LogP contribution in [0.15, 0.2) is 42.5 Å². The first-order valence-electron chi connectivity index (χ1n) is 7.42. The second-order valence-electron chi connectivity index (χ2n) is 5.56. The molecule has 3 rings (SSSR count). The third kappa shape index (κ3) is 4.08. The Bertz CT molecular complexity index is 850. The van der Waals surface area contributed by atoms with Gasteiger partial charge < -0.3 is 10.2 Å². The van der Waals surface area contributed by atoms with E-state index in [-0.39, 0.29) is 18.1 Å². The molecule has 0 aliphatic carbocycles. The van der Waals surface area contributed by atoms with Crippen molar-refractivity contribution in [1.82, 2.24) is 4.98 Å². The number of nitrogens with zero attached hydrogens (tertiary/aromatic N) is 1. The normalized spacial score (nSPS) is 12.3. The molecule has 7 heteroatoms. The third-order valence-corrected chi connectivity index (χ3v) is 4.73. The second-order valence-corrected chi connectivity index (χ2v) is 7.11. The van der Waals surface area contributed by atoms with Gasteiger partial charge in [0.05, 0.1) is 23.0 Å². The summed E-state index contributed by atoms with van der Waals surface area (Å²) in [7, 11) is 1.91. The summed E-state index contributed by atoms with van der Waals surface area (Å²) in [6.07, 6.45) is 0. The lowest BCUT2D eigenvalue weighted by Crippen LogP contribution is -3.08. The summed E-state index contributed by atoms with van der Waals surface area (Å²) in [5.74, 6) is -0.797. The molecular weight excluding hydrogens is 349 g/mol. The molecule has 1 atom stereocenters. The summed E-state index contributed by atoms with van der Waals surface area (Å²) in [5, 5.41) is 3.84. The number of thiazole rings is 1. The fraction of sp³-hybridized carbons (Fsp3) is 0.176. The van der Waals surface area contributed by atoms with Crippen molar-refractivity contribution in [1.29, 1.82) is 0 Å². The van der Waals surface area contributed by atoms with Crippen LogP contribution in [0.5, 0.6) is 0 Å². The quantitative estimate of drug-likeness (QED) is 0.731. The number of amides is 1. The average Bonchev–Trinajstić information content (AvgIpc) is 2.91. The smallest absolute Gasteiger partial charge is 0.279 e. The molecule has 1 amide bonds. The Balaban J connectivity index is 1.59. The highest BCUT2D eigenvalue weighted by molar-refractivity contribution is 7.18. The van der Waals surface area contributed by atoms with Crippen LogP contribution in [-0.4, -0.2) is 24.5 Å². The van der Waals surface area contributed by atoms with Gasteiger partial charge >= 0.3 is 0 Å². The van der Waals surface area contributed by atoms with E-state index in [0.717, 1.165) is 20.1 Å². The number of para-hydroxylation sites is 1. The SMILES string of the molecule is C[NH+](CC(=O)Nc1ccc(Cl)cc1F)Cc1nc2ccccc2s1. The van der Waals surface area contributed by atoms with Crippen molar-refractivity contribution in [3.63, 3.8) is 0 Å². The molecular formula is C17H16ClFN3OS+. The number of nitrogens with one attached hydrogen (secondary N) is 2. The first kappa shape index (κ1) is 16.8. The first-order chi connectivity index (χ1) is 11.5. The number of quaternary nitrogens is 1. The molecule has 1 unspecified atom stereocenters. The van der Waals surface area contributed by atoms with E-state index in [0.29, 0.717) is 11.6 Å². The molecule has 0 bridgehead atoms. The van der Waals surface area contributed by atoms with Crippen molar-refractivity contribution < 1.29 is 14.1 Å². The van der Waals surface area contributed by atoms with E-state index in [9.17, 15) is 9.18 Å². The van der Waals surface area contributed by atoms with Crippen molar-refractivity contribution in [3.05, 3.63) is 58.3 Å².